The zero-order valence-corrected chi connectivity index (χ0v) is 15.0. The van der Waals surface area contributed by atoms with E-state index in [0.717, 1.165) is 21.6 Å². The van der Waals surface area contributed by atoms with Crippen molar-refractivity contribution in [3.05, 3.63) is 54.4 Å². The first-order valence-corrected chi connectivity index (χ1v) is 9.28. The quantitative estimate of drug-likeness (QED) is 0.661. The minimum absolute atomic E-state index is 0.120. The van der Waals surface area contributed by atoms with Crippen LogP contribution in [-0.2, 0) is 9.59 Å². The van der Waals surface area contributed by atoms with Gasteiger partial charge < -0.3 is 15.6 Å². The second kappa shape index (κ2) is 6.84. The van der Waals surface area contributed by atoms with E-state index in [2.05, 4.69) is 20.6 Å². The summed E-state index contributed by atoms with van der Waals surface area (Å²) in [5.41, 5.74) is 2.60. The van der Waals surface area contributed by atoms with Gasteiger partial charge in [0.1, 0.15) is 5.82 Å². The van der Waals surface area contributed by atoms with Crippen LogP contribution in [0.5, 0.6) is 0 Å². The van der Waals surface area contributed by atoms with Crippen molar-refractivity contribution in [2.75, 3.05) is 5.32 Å². The van der Waals surface area contributed by atoms with Crippen LogP contribution >= 0.6 is 11.8 Å². The van der Waals surface area contributed by atoms with Crippen LogP contribution in [0.4, 0.5) is 5.69 Å². The number of anilines is 1. The molecule has 1 aliphatic heterocycles. The molecule has 26 heavy (non-hydrogen) atoms. The maximum atomic E-state index is 12.4. The summed E-state index contributed by atoms with van der Waals surface area (Å²) in [6.45, 7) is 1.87. The first-order chi connectivity index (χ1) is 12.6. The Kier molecular flexibility index (Phi) is 4.38. The predicted octanol–water partition coefficient (Wildman–Crippen LogP) is 3.24. The first-order valence-electron chi connectivity index (χ1n) is 8.41. The largest absolute Gasteiger partial charge is 0.346 e. The Bertz CT molecular complexity index is 951. The SMILES string of the molecule is C[C@@H](NC(=O)C[C@@H]1Sc2ccccc2NC1=O)c1nc2ccccc2[nH]1. The van der Waals surface area contributed by atoms with Crippen molar-refractivity contribution in [1.82, 2.24) is 15.3 Å². The molecule has 2 heterocycles. The number of benzene rings is 2. The Balaban J connectivity index is 1.41. The van der Waals surface area contributed by atoms with E-state index in [1.807, 2.05) is 55.5 Å². The second-order valence-electron chi connectivity index (χ2n) is 6.22. The van der Waals surface area contributed by atoms with Gasteiger partial charge in [-0.2, -0.15) is 0 Å². The van der Waals surface area contributed by atoms with Gasteiger partial charge in [-0.15, -0.1) is 11.8 Å². The van der Waals surface area contributed by atoms with Gasteiger partial charge in [-0.25, -0.2) is 4.98 Å². The van der Waals surface area contributed by atoms with E-state index < -0.39 is 5.25 Å². The molecule has 132 valence electrons. The standard InChI is InChI=1S/C19H18N4O2S/c1-11(18-21-12-6-2-3-7-13(12)22-18)20-17(24)10-16-19(25)23-14-8-4-5-9-15(14)26-16/h2-9,11,16H,10H2,1H3,(H,20,24)(H,21,22)(H,23,25)/t11-,16+/m1/s1. The van der Waals surface area contributed by atoms with Crippen molar-refractivity contribution in [2.45, 2.75) is 29.5 Å². The summed E-state index contributed by atoms with van der Waals surface area (Å²) in [6.07, 6.45) is 0.120. The van der Waals surface area contributed by atoms with Crippen molar-refractivity contribution >= 4 is 40.3 Å². The zero-order chi connectivity index (χ0) is 18.1. The highest BCUT2D eigenvalue weighted by Gasteiger charge is 2.29. The molecular weight excluding hydrogens is 348 g/mol. The van der Waals surface area contributed by atoms with E-state index in [1.54, 1.807) is 0 Å². The number of aromatic amines is 1. The van der Waals surface area contributed by atoms with E-state index in [9.17, 15) is 9.59 Å². The zero-order valence-electron chi connectivity index (χ0n) is 14.2. The second-order valence-corrected chi connectivity index (χ2v) is 7.47. The number of rotatable bonds is 4. The number of hydrogen-bond donors (Lipinski definition) is 3. The van der Waals surface area contributed by atoms with Gasteiger partial charge in [0.25, 0.3) is 0 Å². The molecular formula is C19H18N4O2S. The number of H-pyrrole nitrogens is 1. The van der Waals surface area contributed by atoms with Gasteiger partial charge in [-0.05, 0) is 31.2 Å². The third-order valence-corrected chi connectivity index (χ3v) is 5.55. The number of thioether (sulfide) groups is 1. The van der Waals surface area contributed by atoms with Crippen LogP contribution in [-0.4, -0.2) is 27.0 Å². The van der Waals surface area contributed by atoms with Gasteiger partial charge in [-0.1, -0.05) is 24.3 Å². The Labute approximate surface area is 154 Å². The number of fused-ring (bicyclic) bond motifs is 2. The van der Waals surface area contributed by atoms with Gasteiger partial charge in [-0.3, -0.25) is 9.59 Å². The molecule has 3 N–H and O–H groups in total. The molecule has 1 aromatic heterocycles. The fraction of sp³-hybridized carbons (Fsp3) is 0.211. The number of nitrogens with one attached hydrogen (secondary N) is 3. The molecule has 0 saturated carbocycles. The van der Waals surface area contributed by atoms with E-state index in [-0.39, 0.29) is 24.3 Å². The van der Waals surface area contributed by atoms with Crippen LogP contribution in [0.2, 0.25) is 0 Å². The topological polar surface area (TPSA) is 86.9 Å². The molecule has 3 aromatic rings. The Hall–Kier alpha value is -2.80. The highest BCUT2D eigenvalue weighted by Crippen LogP contribution is 2.36. The summed E-state index contributed by atoms with van der Waals surface area (Å²) >= 11 is 1.42. The summed E-state index contributed by atoms with van der Waals surface area (Å²) < 4.78 is 0. The lowest BCUT2D eigenvalue weighted by Gasteiger charge is -2.24. The molecule has 6 nitrogen and oxygen atoms in total. The lowest BCUT2D eigenvalue weighted by Crippen LogP contribution is -2.36. The molecule has 2 amide bonds. The minimum atomic E-state index is -0.437. The molecule has 0 aliphatic carbocycles. The smallest absolute Gasteiger partial charge is 0.238 e. The van der Waals surface area contributed by atoms with E-state index in [1.165, 1.54) is 11.8 Å². The number of nitrogens with zero attached hydrogens (tertiary/aromatic N) is 1. The summed E-state index contributed by atoms with van der Waals surface area (Å²) in [5.74, 6) is 0.385. The van der Waals surface area contributed by atoms with Gasteiger partial charge in [0.15, 0.2) is 0 Å². The molecule has 2 aromatic carbocycles. The van der Waals surface area contributed by atoms with Crippen LogP contribution in [0, 0.1) is 0 Å². The maximum Gasteiger partial charge on any atom is 0.238 e. The van der Waals surface area contributed by atoms with Crippen molar-refractivity contribution in [1.29, 1.82) is 0 Å². The maximum absolute atomic E-state index is 12.4. The molecule has 0 radical (unpaired) electrons. The van der Waals surface area contributed by atoms with Crippen molar-refractivity contribution in [2.24, 2.45) is 0 Å². The minimum Gasteiger partial charge on any atom is -0.346 e. The van der Waals surface area contributed by atoms with Gasteiger partial charge in [0.2, 0.25) is 11.8 Å². The number of carbonyl (C=O) groups is 2. The fourth-order valence-corrected chi connectivity index (χ4v) is 4.05. The normalized spacial score (nSPS) is 17.4. The molecule has 7 heteroatoms. The number of para-hydroxylation sites is 3. The van der Waals surface area contributed by atoms with Gasteiger partial charge >= 0.3 is 0 Å². The number of imidazole rings is 1. The van der Waals surface area contributed by atoms with Crippen LogP contribution in [0.25, 0.3) is 11.0 Å². The predicted molar refractivity (Wildman–Crippen MR) is 102 cm³/mol. The number of amides is 2. The van der Waals surface area contributed by atoms with Crippen LogP contribution in [0.3, 0.4) is 0 Å². The van der Waals surface area contributed by atoms with Crippen molar-refractivity contribution < 1.29 is 9.59 Å². The molecule has 2 atom stereocenters. The number of carbonyl (C=O) groups excluding carboxylic acids is 2. The molecule has 0 spiro atoms. The third kappa shape index (κ3) is 3.30. The van der Waals surface area contributed by atoms with Crippen LogP contribution in [0.15, 0.2) is 53.4 Å². The van der Waals surface area contributed by atoms with E-state index >= 15 is 0 Å². The summed E-state index contributed by atoms with van der Waals surface area (Å²) in [5, 5.41) is 5.35. The number of hydrogen-bond acceptors (Lipinski definition) is 4. The number of aromatic nitrogens is 2. The first kappa shape index (κ1) is 16.7. The van der Waals surface area contributed by atoms with Gasteiger partial charge in [0.05, 0.1) is 28.0 Å². The lowest BCUT2D eigenvalue weighted by molar-refractivity contribution is -0.124. The Morgan fingerprint density at radius 3 is 2.85 bits per heavy atom. The monoisotopic (exact) mass is 366 g/mol. The van der Waals surface area contributed by atoms with Crippen LogP contribution in [0.1, 0.15) is 25.2 Å². The third-order valence-electron chi connectivity index (χ3n) is 4.27. The average molecular weight is 366 g/mol. The highest BCUT2D eigenvalue weighted by atomic mass is 32.2. The molecule has 1 aliphatic rings. The van der Waals surface area contributed by atoms with Crippen LogP contribution < -0.4 is 10.6 Å². The Morgan fingerprint density at radius 2 is 2.00 bits per heavy atom. The van der Waals surface area contributed by atoms with Gasteiger partial charge in [0, 0.05) is 11.3 Å². The van der Waals surface area contributed by atoms with E-state index in [4.69, 9.17) is 0 Å². The lowest BCUT2D eigenvalue weighted by atomic mass is 10.2. The van der Waals surface area contributed by atoms with Crippen molar-refractivity contribution in [3.8, 4) is 0 Å². The summed E-state index contributed by atoms with van der Waals surface area (Å²) in [6, 6.07) is 15.1. The average Bonchev–Trinajstić information content (AvgIpc) is 3.06. The summed E-state index contributed by atoms with van der Waals surface area (Å²) in [7, 11) is 0. The van der Waals surface area contributed by atoms with Crippen molar-refractivity contribution in [3.63, 3.8) is 0 Å². The molecule has 0 bridgehead atoms. The fourth-order valence-electron chi connectivity index (χ4n) is 2.94. The molecule has 0 unspecified atom stereocenters. The Morgan fingerprint density at radius 1 is 1.23 bits per heavy atom. The summed E-state index contributed by atoms with van der Waals surface area (Å²) in [4.78, 5) is 33.4. The molecule has 0 fully saturated rings. The molecule has 0 saturated heterocycles. The molecule has 4 rings (SSSR count). The van der Waals surface area contributed by atoms with E-state index in [0.29, 0.717) is 5.82 Å². The highest BCUT2D eigenvalue weighted by molar-refractivity contribution is 8.01.